The molecule has 100 valence electrons. The Hall–Kier alpha value is -0.590. The monoisotopic (exact) mass is 247 g/mol. The molecule has 0 aliphatic carbocycles. The van der Waals surface area contributed by atoms with Gasteiger partial charge in [0.2, 0.25) is 0 Å². The quantitative estimate of drug-likeness (QED) is 0.712. The van der Waals surface area contributed by atoms with Gasteiger partial charge in [0.15, 0.2) is 0 Å². The lowest BCUT2D eigenvalue weighted by Gasteiger charge is -2.47. The number of nitriles is 1. The summed E-state index contributed by atoms with van der Waals surface area (Å²) in [5.41, 5.74) is -0.136. The Balaban J connectivity index is 1.80. The minimum absolute atomic E-state index is 0.136. The third-order valence-corrected chi connectivity index (χ3v) is 5.55. The smallest absolute Gasteiger partial charge is 0.112 e. The number of piperidine rings is 1. The summed E-state index contributed by atoms with van der Waals surface area (Å²) in [6.07, 6.45) is 10.0. The van der Waals surface area contributed by atoms with E-state index in [0.29, 0.717) is 12.1 Å². The minimum atomic E-state index is -0.136. The van der Waals surface area contributed by atoms with E-state index in [9.17, 15) is 5.26 Å². The SMILES string of the molecule is CN1C2CCC1CC(C#N)(N1CCCCCC1)C2. The van der Waals surface area contributed by atoms with Gasteiger partial charge in [0.25, 0.3) is 0 Å². The van der Waals surface area contributed by atoms with Crippen molar-refractivity contribution in [3.63, 3.8) is 0 Å². The predicted octanol–water partition coefficient (Wildman–Crippen LogP) is 2.38. The first-order valence-electron chi connectivity index (χ1n) is 7.63. The van der Waals surface area contributed by atoms with Crippen LogP contribution in [0.3, 0.4) is 0 Å². The summed E-state index contributed by atoms with van der Waals surface area (Å²) < 4.78 is 0. The Morgan fingerprint density at radius 2 is 1.56 bits per heavy atom. The van der Waals surface area contributed by atoms with E-state index in [2.05, 4.69) is 22.9 Å². The number of rotatable bonds is 1. The van der Waals surface area contributed by atoms with Crippen molar-refractivity contribution < 1.29 is 0 Å². The van der Waals surface area contributed by atoms with Gasteiger partial charge in [0.1, 0.15) is 5.54 Å². The molecule has 0 N–H and O–H groups in total. The van der Waals surface area contributed by atoms with Crippen molar-refractivity contribution in [3.8, 4) is 6.07 Å². The Morgan fingerprint density at radius 1 is 1.00 bits per heavy atom. The molecule has 3 fully saturated rings. The molecule has 0 saturated carbocycles. The molecule has 0 radical (unpaired) electrons. The Bertz CT molecular complexity index is 324. The second-order valence-electron chi connectivity index (χ2n) is 6.50. The van der Waals surface area contributed by atoms with Gasteiger partial charge in [-0.05, 0) is 58.7 Å². The minimum Gasteiger partial charge on any atom is -0.300 e. The second-order valence-corrected chi connectivity index (χ2v) is 6.50. The number of nitrogens with zero attached hydrogens (tertiary/aromatic N) is 3. The maximum Gasteiger partial charge on any atom is 0.112 e. The first-order chi connectivity index (χ1) is 8.75. The van der Waals surface area contributed by atoms with Gasteiger partial charge in [-0.2, -0.15) is 5.26 Å². The van der Waals surface area contributed by atoms with Crippen LogP contribution < -0.4 is 0 Å². The highest BCUT2D eigenvalue weighted by Crippen LogP contribution is 2.43. The van der Waals surface area contributed by atoms with E-state index in [0.717, 1.165) is 25.9 Å². The van der Waals surface area contributed by atoms with Crippen LogP contribution in [0, 0.1) is 11.3 Å². The molecule has 3 aliphatic rings. The lowest BCUT2D eigenvalue weighted by atomic mass is 9.82. The molecule has 2 bridgehead atoms. The number of fused-ring (bicyclic) bond motifs is 2. The molecule has 0 amide bonds. The molecule has 3 nitrogen and oxygen atoms in total. The zero-order valence-electron chi connectivity index (χ0n) is 11.6. The normalized spacial score (nSPS) is 42.4. The van der Waals surface area contributed by atoms with Gasteiger partial charge < -0.3 is 4.90 Å². The number of likely N-dealkylation sites (tertiary alicyclic amines) is 1. The fraction of sp³-hybridized carbons (Fsp3) is 0.933. The van der Waals surface area contributed by atoms with Crippen LogP contribution >= 0.6 is 0 Å². The van der Waals surface area contributed by atoms with Crippen LogP contribution in [0.25, 0.3) is 0 Å². The molecule has 3 heterocycles. The van der Waals surface area contributed by atoms with Gasteiger partial charge in [0.05, 0.1) is 6.07 Å². The van der Waals surface area contributed by atoms with Gasteiger partial charge >= 0.3 is 0 Å². The molecule has 2 atom stereocenters. The highest BCUT2D eigenvalue weighted by atomic mass is 15.3. The molecule has 3 saturated heterocycles. The lowest BCUT2D eigenvalue weighted by Crippen LogP contribution is -2.57. The van der Waals surface area contributed by atoms with E-state index in [4.69, 9.17) is 0 Å². The van der Waals surface area contributed by atoms with E-state index in [1.54, 1.807) is 0 Å². The van der Waals surface area contributed by atoms with E-state index in [-0.39, 0.29) is 5.54 Å². The van der Waals surface area contributed by atoms with Crippen molar-refractivity contribution in [1.82, 2.24) is 9.80 Å². The van der Waals surface area contributed by atoms with Gasteiger partial charge in [0, 0.05) is 12.1 Å². The first-order valence-corrected chi connectivity index (χ1v) is 7.63. The first kappa shape index (κ1) is 12.4. The van der Waals surface area contributed by atoms with Crippen molar-refractivity contribution >= 4 is 0 Å². The van der Waals surface area contributed by atoms with Crippen molar-refractivity contribution in [2.45, 2.75) is 69.0 Å². The topological polar surface area (TPSA) is 30.3 Å². The fourth-order valence-electron chi connectivity index (χ4n) is 4.36. The zero-order chi connectivity index (χ0) is 12.6. The molecule has 2 unspecified atom stereocenters. The fourth-order valence-corrected chi connectivity index (χ4v) is 4.36. The van der Waals surface area contributed by atoms with Gasteiger partial charge in [-0.25, -0.2) is 0 Å². The third-order valence-electron chi connectivity index (χ3n) is 5.55. The summed E-state index contributed by atoms with van der Waals surface area (Å²) in [6, 6.07) is 4.05. The maximum absolute atomic E-state index is 9.83. The molecule has 3 heteroatoms. The van der Waals surface area contributed by atoms with Crippen molar-refractivity contribution in [2.75, 3.05) is 20.1 Å². The maximum atomic E-state index is 9.83. The Morgan fingerprint density at radius 3 is 2.06 bits per heavy atom. The molecular weight excluding hydrogens is 222 g/mol. The molecule has 18 heavy (non-hydrogen) atoms. The summed E-state index contributed by atoms with van der Waals surface area (Å²) in [6.45, 7) is 2.30. The Labute approximate surface area is 111 Å². The highest BCUT2D eigenvalue weighted by Gasteiger charge is 2.50. The average Bonchev–Trinajstić information content (AvgIpc) is 2.67. The van der Waals surface area contributed by atoms with Crippen LogP contribution in [-0.4, -0.2) is 47.6 Å². The molecule has 0 spiro atoms. The molecule has 0 aromatic rings. The standard InChI is InChI=1S/C15H25N3/c1-17-13-6-7-14(17)11-15(10-13,12-16)18-8-4-2-3-5-9-18/h13-14H,2-11H2,1H3. The second kappa shape index (κ2) is 4.83. The predicted molar refractivity (Wildman–Crippen MR) is 72.2 cm³/mol. The molecule has 0 aromatic carbocycles. The molecular formula is C15H25N3. The number of hydrogen-bond donors (Lipinski definition) is 0. The number of hydrogen-bond acceptors (Lipinski definition) is 3. The molecule has 0 aromatic heterocycles. The van der Waals surface area contributed by atoms with Gasteiger partial charge in [-0.3, -0.25) is 4.90 Å². The van der Waals surface area contributed by atoms with Gasteiger partial charge in [-0.15, -0.1) is 0 Å². The van der Waals surface area contributed by atoms with Crippen LogP contribution in [0.5, 0.6) is 0 Å². The summed E-state index contributed by atoms with van der Waals surface area (Å²) in [7, 11) is 2.26. The zero-order valence-corrected chi connectivity index (χ0v) is 11.6. The van der Waals surface area contributed by atoms with Crippen LogP contribution in [0.2, 0.25) is 0 Å². The molecule has 3 rings (SSSR count). The van der Waals surface area contributed by atoms with E-state index >= 15 is 0 Å². The van der Waals surface area contributed by atoms with Crippen LogP contribution in [0.4, 0.5) is 0 Å². The summed E-state index contributed by atoms with van der Waals surface area (Å²) in [5.74, 6) is 0. The van der Waals surface area contributed by atoms with Gasteiger partial charge in [-0.1, -0.05) is 12.8 Å². The van der Waals surface area contributed by atoms with E-state index in [1.165, 1.54) is 38.5 Å². The summed E-state index contributed by atoms with van der Waals surface area (Å²) in [5, 5.41) is 9.83. The van der Waals surface area contributed by atoms with Crippen molar-refractivity contribution in [3.05, 3.63) is 0 Å². The highest BCUT2D eigenvalue weighted by molar-refractivity contribution is 5.16. The van der Waals surface area contributed by atoms with Crippen LogP contribution in [-0.2, 0) is 0 Å². The van der Waals surface area contributed by atoms with Crippen LogP contribution in [0.15, 0.2) is 0 Å². The van der Waals surface area contributed by atoms with E-state index in [1.807, 2.05) is 0 Å². The van der Waals surface area contributed by atoms with Crippen molar-refractivity contribution in [1.29, 1.82) is 5.26 Å². The van der Waals surface area contributed by atoms with Crippen LogP contribution in [0.1, 0.15) is 51.4 Å². The third kappa shape index (κ3) is 1.96. The van der Waals surface area contributed by atoms with Crippen molar-refractivity contribution in [2.24, 2.45) is 0 Å². The summed E-state index contributed by atoms with van der Waals surface area (Å²) >= 11 is 0. The Kier molecular flexibility index (Phi) is 3.34. The largest absolute Gasteiger partial charge is 0.300 e. The lowest BCUT2D eigenvalue weighted by molar-refractivity contribution is 0.0338. The summed E-state index contributed by atoms with van der Waals surface area (Å²) in [4.78, 5) is 5.08. The molecule has 3 aliphatic heterocycles. The average molecular weight is 247 g/mol. The van der Waals surface area contributed by atoms with E-state index < -0.39 is 0 Å².